The molecule has 1 heterocycles. The second-order valence-corrected chi connectivity index (χ2v) is 5.94. The van der Waals surface area contributed by atoms with E-state index in [0.717, 1.165) is 24.7 Å². The zero-order valence-corrected chi connectivity index (χ0v) is 12.1. The molecule has 0 spiro atoms. The van der Waals surface area contributed by atoms with Crippen LogP contribution >= 0.6 is 11.6 Å². The highest BCUT2D eigenvalue weighted by Gasteiger charge is 2.31. The number of hydrogen-bond donors (Lipinski definition) is 1. The normalized spacial score (nSPS) is 23.1. The Kier molecular flexibility index (Phi) is 4.06. The molecular formula is C17H19ClN2. The first kappa shape index (κ1) is 13.6. The van der Waals surface area contributed by atoms with Crippen LogP contribution in [0.5, 0.6) is 0 Å². The molecule has 2 atom stereocenters. The standard InChI is InChI=1S/C17H19ClN2/c18-15-8-4-7-14(9-15)16-11-20(12-17(16)19)10-13-5-2-1-3-6-13/h1-9,16-17H,10-12,19H2/t16-,17+/m0/s1. The van der Waals surface area contributed by atoms with Crippen LogP contribution in [0.15, 0.2) is 54.6 Å². The van der Waals surface area contributed by atoms with Gasteiger partial charge < -0.3 is 5.73 Å². The molecule has 0 bridgehead atoms. The third kappa shape index (κ3) is 3.04. The van der Waals surface area contributed by atoms with Gasteiger partial charge in [0.15, 0.2) is 0 Å². The predicted molar refractivity (Wildman–Crippen MR) is 83.9 cm³/mol. The minimum absolute atomic E-state index is 0.178. The van der Waals surface area contributed by atoms with E-state index in [-0.39, 0.29) is 6.04 Å². The highest BCUT2D eigenvalue weighted by atomic mass is 35.5. The van der Waals surface area contributed by atoms with Crippen LogP contribution in [0.25, 0.3) is 0 Å². The highest BCUT2D eigenvalue weighted by molar-refractivity contribution is 6.30. The fourth-order valence-corrected chi connectivity index (χ4v) is 3.17. The van der Waals surface area contributed by atoms with E-state index in [1.807, 2.05) is 24.3 Å². The zero-order valence-electron chi connectivity index (χ0n) is 11.4. The van der Waals surface area contributed by atoms with Gasteiger partial charge in [-0.1, -0.05) is 54.1 Å². The van der Waals surface area contributed by atoms with Gasteiger partial charge in [-0.2, -0.15) is 0 Å². The van der Waals surface area contributed by atoms with Crippen LogP contribution in [0.1, 0.15) is 17.0 Å². The summed E-state index contributed by atoms with van der Waals surface area (Å²) in [4.78, 5) is 2.42. The van der Waals surface area contributed by atoms with E-state index in [0.29, 0.717) is 5.92 Å². The van der Waals surface area contributed by atoms with Gasteiger partial charge in [-0.15, -0.1) is 0 Å². The number of likely N-dealkylation sites (tertiary alicyclic amines) is 1. The Hall–Kier alpha value is -1.35. The van der Waals surface area contributed by atoms with E-state index < -0.39 is 0 Å². The number of benzene rings is 2. The lowest BCUT2D eigenvalue weighted by atomic mass is 9.95. The first-order valence-electron chi connectivity index (χ1n) is 7.00. The van der Waals surface area contributed by atoms with Crippen LogP contribution in [-0.4, -0.2) is 24.0 Å². The Balaban J connectivity index is 1.71. The maximum absolute atomic E-state index is 6.32. The summed E-state index contributed by atoms with van der Waals surface area (Å²) >= 11 is 6.08. The quantitative estimate of drug-likeness (QED) is 0.938. The lowest BCUT2D eigenvalue weighted by molar-refractivity contribution is 0.324. The largest absolute Gasteiger partial charge is 0.326 e. The minimum atomic E-state index is 0.178. The summed E-state index contributed by atoms with van der Waals surface area (Å²) in [7, 11) is 0. The van der Waals surface area contributed by atoms with Gasteiger partial charge in [-0.3, -0.25) is 4.90 Å². The molecule has 104 valence electrons. The molecule has 1 fully saturated rings. The number of hydrogen-bond acceptors (Lipinski definition) is 2. The molecule has 1 aliphatic rings. The van der Waals surface area contributed by atoms with E-state index in [4.69, 9.17) is 17.3 Å². The molecule has 0 aliphatic carbocycles. The number of nitrogens with zero attached hydrogens (tertiary/aromatic N) is 1. The molecule has 0 radical (unpaired) electrons. The average molecular weight is 287 g/mol. The molecule has 1 aliphatic heterocycles. The van der Waals surface area contributed by atoms with Crippen molar-refractivity contribution in [2.45, 2.75) is 18.5 Å². The van der Waals surface area contributed by atoms with Crippen molar-refractivity contribution in [1.82, 2.24) is 4.90 Å². The van der Waals surface area contributed by atoms with Gasteiger partial charge >= 0.3 is 0 Å². The van der Waals surface area contributed by atoms with Gasteiger partial charge in [-0.25, -0.2) is 0 Å². The lowest BCUT2D eigenvalue weighted by Gasteiger charge is -2.16. The number of halogens is 1. The molecule has 3 rings (SSSR count). The van der Waals surface area contributed by atoms with Crippen molar-refractivity contribution in [3.63, 3.8) is 0 Å². The van der Waals surface area contributed by atoms with E-state index in [9.17, 15) is 0 Å². The molecular weight excluding hydrogens is 268 g/mol. The summed E-state index contributed by atoms with van der Waals surface area (Å²) in [5, 5.41) is 0.788. The van der Waals surface area contributed by atoms with Gasteiger partial charge in [0.25, 0.3) is 0 Å². The molecule has 2 N–H and O–H groups in total. The SMILES string of the molecule is N[C@@H]1CN(Cc2ccccc2)C[C@H]1c1cccc(Cl)c1. The molecule has 0 aromatic heterocycles. The van der Waals surface area contributed by atoms with E-state index in [1.165, 1.54) is 11.1 Å². The molecule has 20 heavy (non-hydrogen) atoms. The van der Waals surface area contributed by atoms with Crippen LogP contribution in [0.4, 0.5) is 0 Å². The zero-order chi connectivity index (χ0) is 13.9. The molecule has 3 heteroatoms. The van der Waals surface area contributed by atoms with Crippen LogP contribution in [0.2, 0.25) is 5.02 Å². The Labute approximate surface area is 125 Å². The molecule has 0 unspecified atom stereocenters. The Bertz CT molecular complexity index is 570. The van der Waals surface area contributed by atoms with Crippen LogP contribution in [0, 0.1) is 0 Å². The van der Waals surface area contributed by atoms with Crippen LogP contribution in [0.3, 0.4) is 0 Å². The minimum Gasteiger partial charge on any atom is -0.326 e. The van der Waals surface area contributed by atoms with Crippen molar-refractivity contribution in [3.8, 4) is 0 Å². The van der Waals surface area contributed by atoms with Crippen molar-refractivity contribution < 1.29 is 0 Å². The van der Waals surface area contributed by atoms with Crippen molar-refractivity contribution >= 4 is 11.6 Å². The van der Waals surface area contributed by atoms with Gasteiger partial charge in [-0.05, 0) is 23.3 Å². The van der Waals surface area contributed by atoms with Gasteiger partial charge in [0.2, 0.25) is 0 Å². The maximum atomic E-state index is 6.32. The third-order valence-electron chi connectivity index (χ3n) is 3.97. The second kappa shape index (κ2) is 5.96. The lowest BCUT2D eigenvalue weighted by Crippen LogP contribution is -2.28. The fourth-order valence-electron chi connectivity index (χ4n) is 2.97. The summed E-state index contributed by atoms with van der Waals surface area (Å²) in [6, 6.07) is 18.8. The molecule has 2 aromatic carbocycles. The summed E-state index contributed by atoms with van der Waals surface area (Å²) in [6.07, 6.45) is 0. The summed E-state index contributed by atoms with van der Waals surface area (Å²) in [5.74, 6) is 0.373. The smallest absolute Gasteiger partial charge is 0.0408 e. The van der Waals surface area contributed by atoms with Crippen molar-refractivity contribution in [3.05, 3.63) is 70.7 Å². The maximum Gasteiger partial charge on any atom is 0.0408 e. The van der Waals surface area contributed by atoms with E-state index in [1.54, 1.807) is 0 Å². The summed E-state index contributed by atoms with van der Waals surface area (Å²) < 4.78 is 0. The van der Waals surface area contributed by atoms with Gasteiger partial charge in [0.1, 0.15) is 0 Å². The first-order valence-corrected chi connectivity index (χ1v) is 7.37. The van der Waals surface area contributed by atoms with Gasteiger partial charge in [0.05, 0.1) is 0 Å². The van der Waals surface area contributed by atoms with E-state index in [2.05, 4.69) is 35.2 Å². The monoisotopic (exact) mass is 286 g/mol. The topological polar surface area (TPSA) is 29.3 Å². The highest BCUT2D eigenvalue weighted by Crippen LogP contribution is 2.28. The third-order valence-corrected chi connectivity index (χ3v) is 4.20. The molecule has 1 saturated heterocycles. The molecule has 0 saturated carbocycles. The first-order chi connectivity index (χ1) is 9.72. The van der Waals surface area contributed by atoms with Gasteiger partial charge in [0, 0.05) is 36.6 Å². The molecule has 0 amide bonds. The molecule has 2 nitrogen and oxygen atoms in total. The van der Waals surface area contributed by atoms with E-state index >= 15 is 0 Å². The predicted octanol–water partition coefficient (Wildman–Crippen LogP) is 3.27. The number of nitrogens with two attached hydrogens (primary N) is 1. The summed E-state index contributed by atoms with van der Waals surface area (Å²) in [6.45, 7) is 2.90. The van der Waals surface area contributed by atoms with Crippen LogP contribution < -0.4 is 5.73 Å². The van der Waals surface area contributed by atoms with Crippen molar-refractivity contribution in [1.29, 1.82) is 0 Å². The van der Waals surface area contributed by atoms with Crippen LogP contribution in [-0.2, 0) is 6.54 Å². The van der Waals surface area contributed by atoms with Crippen molar-refractivity contribution in [2.75, 3.05) is 13.1 Å². The summed E-state index contributed by atoms with van der Waals surface area (Å²) in [5.41, 5.74) is 8.91. The Morgan fingerprint density at radius 3 is 2.60 bits per heavy atom. The Morgan fingerprint density at radius 1 is 1.05 bits per heavy atom. The number of rotatable bonds is 3. The fraction of sp³-hybridized carbons (Fsp3) is 0.294. The Morgan fingerprint density at radius 2 is 1.85 bits per heavy atom. The second-order valence-electron chi connectivity index (χ2n) is 5.51. The van der Waals surface area contributed by atoms with Crippen molar-refractivity contribution in [2.24, 2.45) is 5.73 Å². The molecule has 2 aromatic rings. The average Bonchev–Trinajstić information content (AvgIpc) is 2.81.